The van der Waals surface area contributed by atoms with Crippen LogP contribution in [-0.4, -0.2) is 48.7 Å². The number of hydrogen-bond donors (Lipinski definition) is 2. The third-order valence-corrected chi connectivity index (χ3v) is 2.91. The number of amidine groups is 1. The van der Waals surface area contributed by atoms with Crippen LogP contribution in [0.25, 0.3) is 0 Å². The molecule has 0 unspecified atom stereocenters. The molecule has 0 saturated heterocycles. The van der Waals surface area contributed by atoms with Crippen molar-refractivity contribution in [1.82, 2.24) is 4.90 Å². The lowest BCUT2D eigenvalue weighted by atomic mass is 10.1. The highest BCUT2D eigenvalue weighted by Crippen LogP contribution is 2.06. The van der Waals surface area contributed by atoms with Gasteiger partial charge in [-0.25, -0.2) is 0 Å². The molecule has 0 heterocycles. The Morgan fingerprint density at radius 3 is 2.60 bits per heavy atom. The number of hydrogen-bond acceptors (Lipinski definition) is 4. The lowest BCUT2D eigenvalue weighted by molar-refractivity contribution is -0.129. The van der Waals surface area contributed by atoms with Gasteiger partial charge in [0.25, 0.3) is 0 Å². The van der Waals surface area contributed by atoms with Crippen LogP contribution in [0.3, 0.4) is 0 Å². The smallest absolute Gasteiger partial charge is 0.226 e. The van der Waals surface area contributed by atoms with E-state index in [1.54, 1.807) is 36.2 Å². The maximum atomic E-state index is 12.0. The molecular formula is C14H21N3O3. The van der Waals surface area contributed by atoms with E-state index in [0.29, 0.717) is 31.7 Å². The van der Waals surface area contributed by atoms with Crippen LogP contribution >= 0.6 is 0 Å². The van der Waals surface area contributed by atoms with E-state index in [2.05, 4.69) is 5.16 Å². The highest BCUT2D eigenvalue weighted by atomic mass is 16.5. The van der Waals surface area contributed by atoms with E-state index in [9.17, 15) is 4.79 Å². The quantitative estimate of drug-likeness (QED) is 0.254. The van der Waals surface area contributed by atoms with Gasteiger partial charge in [-0.05, 0) is 12.5 Å². The molecule has 0 atom stereocenters. The second-order valence-electron chi connectivity index (χ2n) is 4.37. The summed E-state index contributed by atoms with van der Waals surface area (Å²) >= 11 is 0. The topological polar surface area (TPSA) is 88.2 Å². The summed E-state index contributed by atoms with van der Waals surface area (Å²) in [6.07, 6.45) is 0.319. The summed E-state index contributed by atoms with van der Waals surface area (Å²) in [5.74, 6) is 0.0814. The summed E-state index contributed by atoms with van der Waals surface area (Å²) in [4.78, 5) is 13.6. The molecule has 20 heavy (non-hydrogen) atoms. The Balaban J connectivity index is 2.53. The minimum atomic E-state index is 0.0289. The highest BCUT2D eigenvalue weighted by Gasteiger charge is 2.09. The van der Waals surface area contributed by atoms with Gasteiger partial charge >= 0.3 is 0 Å². The lowest BCUT2D eigenvalue weighted by Gasteiger charge is -2.17. The number of likely N-dealkylation sites (N-methyl/N-ethyl adjacent to an activating group) is 1. The Hall–Kier alpha value is -2.08. The van der Waals surface area contributed by atoms with E-state index >= 15 is 0 Å². The van der Waals surface area contributed by atoms with Crippen LogP contribution in [-0.2, 0) is 16.0 Å². The Morgan fingerprint density at radius 1 is 1.40 bits per heavy atom. The van der Waals surface area contributed by atoms with Crippen molar-refractivity contribution >= 4 is 11.7 Å². The van der Waals surface area contributed by atoms with E-state index in [0.717, 1.165) is 5.56 Å². The van der Waals surface area contributed by atoms with Crippen molar-refractivity contribution in [3.8, 4) is 0 Å². The molecule has 3 N–H and O–H groups in total. The number of nitrogens with two attached hydrogens (primary N) is 1. The molecule has 0 aromatic heterocycles. The summed E-state index contributed by atoms with van der Waals surface area (Å²) in [6, 6.07) is 7.03. The highest BCUT2D eigenvalue weighted by molar-refractivity contribution is 5.97. The fourth-order valence-corrected chi connectivity index (χ4v) is 1.63. The second kappa shape index (κ2) is 8.16. The van der Waals surface area contributed by atoms with Gasteiger partial charge in [-0.15, -0.1) is 0 Å². The molecular weight excluding hydrogens is 258 g/mol. The van der Waals surface area contributed by atoms with Crippen molar-refractivity contribution in [1.29, 1.82) is 0 Å². The molecule has 0 aliphatic rings. The van der Waals surface area contributed by atoms with Gasteiger partial charge in [0.1, 0.15) is 0 Å². The van der Waals surface area contributed by atoms with E-state index < -0.39 is 0 Å². The summed E-state index contributed by atoms with van der Waals surface area (Å²) in [7, 11) is 1.76. The number of benzene rings is 1. The number of oxime groups is 1. The number of ether oxygens (including phenoxy) is 1. The summed E-state index contributed by atoms with van der Waals surface area (Å²) in [5.41, 5.74) is 6.97. The van der Waals surface area contributed by atoms with Crippen molar-refractivity contribution in [3.63, 3.8) is 0 Å². The first-order chi connectivity index (χ1) is 9.58. The number of amides is 1. The van der Waals surface area contributed by atoms with Crippen LogP contribution in [0.15, 0.2) is 29.4 Å². The molecule has 6 nitrogen and oxygen atoms in total. The Morgan fingerprint density at radius 2 is 2.05 bits per heavy atom. The molecule has 0 fully saturated rings. The van der Waals surface area contributed by atoms with Crippen LogP contribution in [0.1, 0.15) is 18.1 Å². The molecule has 110 valence electrons. The fraction of sp³-hybridized carbons (Fsp3) is 0.429. The Kier molecular flexibility index (Phi) is 6.52. The predicted molar refractivity (Wildman–Crippen MR) is 76.8 cm³/mol. The number of carbonyl (C=O) groups is 1. The average Bonchev–Trinajstić information content (AvgIpc) is 2.47. The molecule has 6 heteroatoms. The van der Waals surface area contributed by atoms with Crippen LogP contribution in [0.5, 0.6) is 0 Å². The standard InChI is InChI=1S/C14H21N3O3/c1-3-20-9-8-17(2)13(18)10-11-4-6-12(7-5-11)14(15)16-19/h4-7,19H,3,8-10H2,1-2H3,(H2,15,16). The number of nitrogens with zero attached hydrogens (tertiary/aromatic N) is 2. The van der Waals surface area contributed by atoms with Crippen molar-refractivity contribution in [3.05, 3.63) is 35.4 Å². The lowest BCUT2D eigenvalue weighted by Crippen LogP contribution is -2.31. The van der Waals surface area contributed by atoms with Crippen LogP contribution < -0.4 is 5.73 Å². The third-order valence-electron chi connectivity index (χ3n) is 2.91. The molecule has 1 rings (SSSR count). The number of carbonyl (C=O) groups excluding carboxylic acids is 1. The fourth-order valence-electron chi connectivity index (χ4n) is 1.63. The van der Waals surface area contributed by atoms with E-state index in [1.165, 1.54) is 0 Å². The SMILES string of the molecule is CCOCCN(C)C(=O)Cc1ccc(/C(N)=N/O)cc1. The van der Waals surface area contributed by atoms with Gasteiger partial charge in [-0.2, -0.15) is 0 Å². The van der Waals surface area contributed by atoms with Gasteiger partial charge in [0.15, 0.2) is 5.84 Å². The van der Waals surface area contributed by atoms with E-state index in [1.807, 2.05) is 6.92 Å². The Bertz CT molecular complexity index is 457. The maximum Gasteiger partial charge on any atom is 0.226 e. The normalized spacial score (nSPS) is 11.4. The molecule has 0 aliphatic carbocycles. The van der Waals surface area contributed by atoms with Crippen molar-refractivity contribution < 1.29 is 14.7 Å². The van der Waals surface area contributed by atoms with Gasteiger partial charge in [0, 0.05) is 25.8 Å². The summed E-state index contributed by atoms with van der Waals surface area (Å²) in [5, 5.41) is 11.5. The monoisotopic (exact) mass is 279 g/mol. The van der Waals surface area contributed by atoms with E-state index in [-0.39, 0.29) is 11.7 Å². The molecule has 0 spiro atoms. The third kappa shape index (κ3) is 4.89. The Labute approximate surface area is 118 Å². The zero-order valence-electron chi connectivity index (χ0n) is 11.9. The average molecular weight is 279 g/mol. The molecule has 0 saturated carbocycles. The van der Waals surface area contributed by atoms with Crippen LogP contribution in [0.2, 0.25) is 0 Å². The molecule has 1 aromatic carbocycles. The van der Waals surface area contributed by atoms with Gasteiger partial charge < -0.3 is 20.6 Å². The van der Waals surface area contributed by atoms with Crippen molar-refractivity contribution in [2.75, 3.05) is 26.8 Å². The largest absolute Gasteiger partial charge is 0.409 e. The predicted octanol–water partition coefficient (Wildman–Crippen LogP) is 0.819. The summed E-state index contributed by atoms with van der Waals surface area (Å²) < 4.78 is 5.21. The number of rotatable bonds is 7. The second-order valence-corrected chi connectivity index (χ2v) is 4.37. The van der Waals surface area contributed by atoms with Gasteiger partial charge in [-0.1, -0.05) is 29.4 Å². The molecule has 1 aromatic rings. The first-order valence-electron chi connectivity index (χ1n) is 6.47. The molecule has 1 amide bonds. The molecule has 0 bridgehead atoms. The van der Waals surface area contributed by atoms with Crippen molar-refractivity contribution in [2.45, 2.75) is 13.3 Å². The minimum absolute atomic E-state index is 0.0289. The minimum Gasteiger partial charge on any atom is -0.409 e. The van der Waals surface area contributed by atoms with Gasteiger partial charge in [0.2, 0.25) is 5.91 Å². The molecule has 0 radical (unpaired) electrons. The zero-order valence-corrected chi connectivity index (χ0v) is 11.9. The van der Waals surface area contributed by atoms with E-state index in [4.69, 9.17) is 15.7 Å². The van der Waals surface area contributed by atoms with Crippen molar-refractivity contribution in [2.24, 2.45) is 10.9 Å². The summed E-state index contributed by atoms with van der Waals surface area (Å²) in [6.45, 7) is 3.69. The maximum absolute atomic E-state index is 12.0. The first-order valence-corrected chi connectivity index (χ1v) is 6.47. The van der Waals surface area contributed by atoms with Gasteiger partial charge in [-0.3, -0.25) is 4.79 Å². The molecule has 0 aliphatic heterocycles. The first kappa shape index (κ1) is 16.0. The van der Waals surface area contributed by atoms with Crippen LogP contribution in [0, 0.1) is 0 Å². The zero-order chi connectivity index (χ0) is 15.0. The van der Waals surface area contributed by atoms with Crippen LogP contribution in [0.4, 0.5) is 0 Å². The van der Waals surface area contributed by atoms with Gasteiger partial charge in [0.05, 0.1) is 13.0 Å².